The zero-order valence-corrected chi connectivity index (χ0v) is 15.6. The van der Waals surface area contributed by atoms with Crippen molar-refractivity contribution in [2.24, 2.45) is 0 Å². The lowest BCUT2D eigenvalue weighted by molar-refractivity contribution is -0.123. The van der Waals surface area contributed by atoms with Crippen molar-refractivity contribution in [3.8, 4) is 0 Å². The lowest BCUT2D eigenvalue weighted by atomic mass is 10.2. The average Bonchev–Trinajstić information content (AvgIpc) is 2.33. The van der Waals surface area contributed by atoms with Crippen molar-refractivity contribution in [1.82, 2.24) is 10.2 Å². The molecule has 0 aromatic heterocycles. The van der Waals surface area contributed by atoms with Crippen LogP contribution < -0.4 is 5.32 Å². The van der Waals surface area contributed by atoms with Gasteiger partial charge in [-0.15, -0.1) is 0 Å². The molecule has 1 aliphatic rings. The van der Waals surface area contributed by atoms with Crippen molar-refractivity contribution in [3.05, 3.63) is 28.4 Å². The van der Waals surface area contributed by atoms with E-state index in [1.165, 1.54) is 0 Å². The highest BCUT2D eigenvalue weighted by molar-refractivity contribution is 14.1. The molecule has 0 aliphatic carbocycles. The summed E-state index contributed by atoms with van der Waals surface area (Å²) in [6.45, 7) is 1.25. The fourth-order valence-corrected chi connectivity index (χ4v) is 4.08. The second-order valence-corrected chi connectivity index (χ2v) is 7.31. The van der Waals surface area contributed by atoms with Gasteiger partial charge in [-0.1, -0.05) is 0 Å². The predicted octanol–water partition coefficient (Wildman–Crippen LogP) is 2.07. The zero-order chi connectivity index (χ0) is 13.3. The number of halogens is 3. The van der Waals surface area contributed by atoms with Crippen LogP contribution in [0.25, 0.3) is 0 Å². The van der Waals surface area contributed by atoms with E-state index in [4.69, 9.17) is 0 Å². The molecule has 0 atom stereocenters. The van der Waals surface area contributed by atoms with Crippen LogP contribution in [0.1, 0.15) is 10.4 Å². The van der Waals surface area contributed by atoms with E-state index in [-0.39, 0.29) is 18.4 Å². The molecule has 0 bridgehead atoms. The summed E-state index contributed by atoms with van der Waals surface area (Å²) >= 11 is 6.60. The predicted molar refractivity (Wildman–Crippen MR) is 93.5 cm³/mol. The summed E-state index contributed by atoms with van der Waals surface area (Å²) in [4.78, 5) is 25.3. The summed E-state index contributed by atoms with van der Waals surface area (Å²) in [5, 5.41) is 2.72. The summed E-state index contributed by atoms with van der Waals surface area (Å²) in [7, 11) is 0. The molecule has 1 saturated heterocycles. The molecule has 1 N–H and O–H groups in total. The number of piperazine rings is 1. The van der Waals surface area contributed by atoms with Crippen molar-refractivity contribution < 1.29 is 9.59 Å². The summed E-state index contributed by atoms with van der Waals surface area (Å²) in [6.07, 6.45) is 0. The van der Waals surface area contributed by atoms with Gasteiger partial charge in [-0.25, -0.2) is 0 Å². The maximum atomic E-state index is 12.4. The number of carbonyl (C=O) groups excluding carboxylic acids is 2. The Kier molecular flexibility index (Phi) is 5.08. The summed E-state index contributed by atoms with van der Waals surface area (Å²) < 4.78 is 3.04. The molecule has 0 spiro atoms. The van der Waals surface area contributed by atoms with Crippen LogP contribution in [-0.2, 0) is 4.79 Å². The van der Waals surface area contributed by atoms with Crippen LogP contribution in [0.5, 0.6) is 0 Å². The fourth-order valence-electron chi connectivity index (χ4n) is 1.69. The van der Waals surface area contributed by atoms with E-state index in [9.17, 15) is 9.59 Å². The average molecular weight is 582 g/mol. The fraction of sp³-hybridized carbons (Fsp3) is 0.273. The first-order valence-electron chi connectivity index (χ1n) is 5.19. The molecule has 1 aliphatic heterocycles. The third-order valence-electron chi connectivity index (χ3n) is 2.55. The Hall–Kier alpha value is 0.350. The van der Waals surface area contributed by atoms with Gasteiger partial charge in [0, 0.05) is 23.8 Å². The SMILES string of the molecule is O=C1CN(C(=O)c2cc(I)cc(I)c2I)CCN1. The van der Waals surface area contributed by atoms with E-state index in [2.05, 4.69) is 73.1 Å². The maximum Gasteiger partial charge on any atom is 0.255 e. The Bertz CT molecular complexity index is 519. The highest BCUT2D eigenvalue weighted by Gasteiger charge is 2.24. The van der Waals surface area contributed by atoms with E-state index in [1.54, 1.807) is 4.90 Å². The van der Waals surface area contributed by atoms with Gasteiger partial charge < -0.3 is 10.2 Å². The molecule has 1 aromatic carbocycles. The van der Waals surface area contributed by atoms with Crippen molar-refractivity contribution in [2.75, 3.05) is 19.6 Å². The quantitative estimate of drug-likeness (QED) is 0.408. The van der Waals surface area contributed by atoms with Crippen molar-refractivity contribution in [2.45, 2.75) is 0 Å². The summed E-state index contributed by atoms with van der Waals surface area (Å²) in [5.74, 6) is -0.157. The second kappa shape index (κ2) is 6.20. The number of rotatable bonds is 1. The van der Waals surface area contributed by atoms with Gasteiger partial charge in [0.25, 0.3) is 5.91 Å². The van der Waals surface area contributed by atoms with Crippen LogP contribution in [0, 0.1) is 10.7 Å². The van der Waals surface area contributed by atoms with Crippen molar-refractivity contribution >= 4 is 79.6 Å². The Labute approximate surface area is 146 Å². The minimum absolute atomic E-state index is 0.0642. The van der Waals surface area contributed by atoms with E-state index < -0.39 is 0 Å². The van der Waals surface area contributed by atoms with Crippen LogP contribution >= 0.6 is 67.8 Å². The molecule has 96 valence electrons. The van der Waals surface area contributed by atoms with E-state index in [0.717, 1.165) is 10.7 Å². The smallest absolute Gasteiger partial charge is 0.255 e. The van der Waals surface area contributed by atoms with Gasteiger partial charge in [0.2, 0.25) is 5.91 Å². The Balaban J connectivity index is 2.31. The van der Waals surface area contributed by atoms with Gasteiger partial charge in [0.05, 0.1) is 12.1 Å². The Morgan fingerprint density at radius 2 is 2.00 bits per heavy atom. The number of benzene rings is 1. The second-order valence-electron chi connectivity index (χ2n) is 3.83. The van der Waals surface area contributed by atoms with Crippen LogP contribution in [0.2, 0.25) is 0 Å². The summed E-state index contributed by atoms with van der Waals surface area (Å²) in [5.41, 5.74) is 0.682. The normalized spacial score (nSPS) is 15.5. The van der Waals surface area contributed by atoms with Gasteiger partial charge in [-0.05, 0) is 79.9 Å². The lowest BCUT2D eigenvalue weighted by Gasteiger charge is -2.27. The van der Waals surface area contributed by atoms with E-state index >= 15 is 0 Å². The molecule has 1 heterocycles. The van der Waals surface area contributed by atoms with Crippen LogP contribution in [0.3, 0.4) is 0 Å². The highest BCUT2D eigenvalue weighted by atomic mass is 127. The first-order chi connectivity index (χ1) is 8.49. The number of nitrogens with zero attached hydrogens (tertiary/aromatic N) is 1. The molecule has 1 aromatic rings. The molecule has 7 heteroatoms. The minimum Gasteiger partial charge on any atom is -0.353 e. The van der Waals surface area contributed by atoms with Gasteiger partial charge in [-0.2, -0.15) is 0 Å². The maximum absolute atomic E-state index is 12.4. The molecular formula is C11H9I3N2O2. The first kappa shape index (κ1) is 14.8. The first-order valence-corrected chi connectivity index (χ1v) is 8.43. The molecule has 0 saturated carbocycles. The van der Waals surface area contributed by atoms with Gasteiger partial charge in [-0.3, -0.25) is 9.59 Å². The molecule has 1 fully saturated rings. The van der Waals surface area contributed by atoms with E-state index in [0.29, 0.717) is 18.7 Å². The molecule has 2 rings (SSSR count). The number of hydrogen-bond donors (Lipinski definition) is 1. The van der Waals surface area contributed by atoms with Crippen molar-refractivity contribution in [3.63, 3.8) is 0 Å². The lowest BCUT2D eigenvalue weighted by Crippen LogP contribution is -2.50. The topological polar surface area (TPSA) is 49.4 Å². The molecular weight excluding hydrogens is 573 g/mol. The third kappa shape index (κ3) is 3.26. The van der Waals surface area contributed by atoms with E-state index in [1.807, 2.05) is 12.1 Å². The van der Waals surface area contributed by atoms with Crippen LogP contribution in [0.15, 0.2) is 12.1 Å². The van der Waals surface area contributed by atoms with Crippen LogP contribution in [-0.4, -0.2) is 36.3 Å². The zero-order valence-electron chi connectivity index (χ0n) is 9.17. The number of amides is 2. The Morgan fingerprint density at radius 3 is 2.67 bits per heavy atom. The molecule has 4 nitrogen and oxygen atoms in total. The minimum atomic E-state index is -0.0927. The number of hydrogen-bond acceptors (Lipinski definition) is 2. The van der Waals surface area contributed by atoms with Gasteiger partial charge >= 0.3 is 0 Å². The third-order valence-corrected chi connectivity index (χ3v) is 6.22. The standard InChI is InChI=1S/C11H9I3N2O2/c12-6-3-7(10(14)8(13)4-6)11(18)16-2-1-15-9(17)5-16/h3-4H,1-2,5H2,(H,15,17). The molecule has 0 radical (unpaired) electrons. The largest absolute Gasteiger partial charge is 0.353 e. The summed E-state index contributed by atoms with van der Waals surface area (Å²) in [6, 6.07) is 3.90. The van der Waals surface area contributed by atoms with Crippen molar-refractivity contribution in [1.29, 1.82) is 0 Å². The monoisotopic (exact) mass is 582 g/mol. The van der Waals surface area contributed by atoms with Crippen LogP contribution in [0.4, 0.5) is 0 Å². The molecule has 0 unspecified atom stereocenters. The van der Waals surface area contributed by atoms with Gasteiger partial charge in [0.15, 0.2) is 0 Å². The highest BCUT2D eigenvalue weighted by Crippen LogP contribution is 2.24. The number of nitrogens with one attached hydrogen (secondary N) is 1. The molecule has 2 amide bonds. The van der Waals surface area contributed by atoms with Gasteiger partial charge in [0.1, 0.15) is 0 Å². The Morgan fingerprint density at radius 1 is 1.28 bits per heavy atom. The molecule has 18 heavy (non-hydrogen) atoms. The number of carbonyl (C=O) groups is 2.